The van der Waals surface area contributed by atoms with Crippen LogP contribution in [0.3, 0.4) is 0 Å². The molecule has 2 aromatic heterocycles. The van der Waals surface area contributed by atoms with E-state index in [4.69, 9.17) is 13.8 Å². The Labute approximate surface area is 412 Å². The molecule has 66 heavy (non-hydrogen) atoms. The largest absolute Gasteiger partial charge is 0.517 e. The number of anilines is 3. The van der Waals surface area contributed by atoms with Crippen LogP contribution in [0.2, 0.25) is 0 Å². The standard InChI is InChI=1S/C60H63N4O.Pt/c1-41(2)31-45-33-46(32-42(3)4)35-47(34-45)52-22-15-17-43(5)51(52)20-13-14-30-62-40-63(57-25-12-11-24-56(57)62)49-19-16-18-44(36-49)39-65-50-26-27-54-53-21-9-10-23-55(53)64(58(54)38-50)59-37-48(28-29-61-59)60(6,7)8;/h9-12,15-19,21-29,33-35,37,40-42H,13-14,20,30-32,39H2,1-8H3;/q-3;/i5D3;. The van der Waals surface area contributed by atoms with Gasteiger partial charge >= 0.3 is 0 Å². The predicted octanol–water partition coefficient (Wildman–Crippen LogP) is 15.1. The Balaban J connectivity index is 0.00000642. The van der Waals surface area contributed by atoms with Crippen LogP contribution in [0.5, 0.6) is 5.75 Å². The molecule has 0 saturated heterocycles. The molecular weight excluding hydrogens is 988 g/mol. The molecule has 0 unspecified atom stereocenters. The molecule has 0 amide bonds. The van der Waals surface area contributed by atoms with Crippen LogP contribution in [0.1, 0.15) is 98.8 Å². The Morgan fingerprint density at radius 3 is 2.24 bits per heavy atom. The Kier molecular flexibility index (Phi) is 13.1. The van der Waals surface area contributed by atoms with Crippen molar-refractivity contribution in [2.75, 3.05) is 16.3 Å². The van der Waals surface area contributed by atoms with Crippen molar-refractivity contribution in [3.63, 3.8) is 0 Å². The van der Waals surface area contributed by atoms with Gasteiger partial charge < -0.3 is 19.1 Å². The molecule has 0 atom stereocenters. The van der Waals surface area contributed by atoms with Gasteiger partial charge in [-0.25, -0.2) is 4.98 Å². The van der Waals surface area contributed by atoms with Crippen molar-refractivity contribution < 1.29 is 29.9 Å². The van der Waals surface area contributed by atoms with Gasteiger partial charge in [-0.05, 0) is 137 Å². The summed E-state index contributed by atoms with van der Waals surface area (Å²) in [6, 6.07) is 51.6. The summed E-state index contributed by atoms with van der Waals surface area (Å²) < 4.78 is 34.3. The normalized spacial score (nSPS) is 13.6. The zero-order valence-corrected chi connectivity index (χ0v) is 41.7. The van der Waals surface area contributed by atoms with Crippen molar-refractivity contribution in [3.8, 4) is 22.7 Å². The number of nitrogens with zero attached hydrogens (tertiary/aromatic N) is 4. The van der Waals surface area contributed by atoms with Crippen LogP contribution in [-0.4, -0.2) is 16.1 Å². The van der Waals surface area contributed by atoms with Gasteiger partial charge in [-0.2, -0.15) is 37.0 Å². The van der Waals surface area contributed by atoms with Gasteiger partial charge in [0.05, 0.1) is 6.61 Å². The van der Waals surface area contributed by atoms with E-state index in [0.717, 1.165) is 99.2 Å². The molecule has 6 heteroatoms. The average Bonchev–Trinajstić information content (AvgIpc) is 3.84. The van der Waals surface area contributed by atoms with Gasteiger partial charge in [0.25, 0.3) is 0 Å². The van der Waals surface area contributed by atoms with E-state index >= 15 is 0 Å². The van der Waals surface area contributed by atoms with Crippen molar-refractivity contribution in [2.45, 2.75) is 99.4 Å². The molecule has 1 aliphatic heterocycles. The maximum Gasteiger partial charge on any atom is 0.135 e. The summed E-state index contributed by atoms with van der Waals surface area (Å²) in [5.74, 6) is 2.56. The third-order valence-electron chi connectivity index (χ3n) is 12.5. The van der Waals surface area contributed by atoms with Crippen LogP contribution in [0, 0.1) is 37.5 Å². The first-order chi connectivity index (χ1) is 32.6. The van der Waals surface area contributed by atoms with E-state index in [2.05, 4.69) is 191 Å². The molecule has 0 fully saturated rings. The summed E-state index contributed by atoms with van der Waals surface area (Å²) in [7, 11) is 0. The Morgan fingerprint density at radius 1 is 0.742 bits per heavy atom. The molecule has 1 aliphatic rings. The van der Waals surface area contributed by atoms with Gasteiger partial charge in [-0.1, -0.05) is 121 Å². The van der Waals surface area contributed by atoms with Crippen LogP contribution >= 0.6 is 0 Å². The van der Waals surface area contributed by atoms with Gasteiger partial charge in [0.2, 0.25) is 0 Å². The zero-order valence-electron chi connectivity index (χ0n) is 42.4. The van der Waals surface area contributed by atoms with E-state index in [-0.39, 0.29) is 26.5 Å². The topological polar surface area (TPSA) is 33.5 Å². The second-order valence-electron chi connectivity index (χ2n) is 19.6. The van der Waals surface area contributed by atoms with Gasteiger partial charge in [0.1, 0.15) is 5.82 Å². The van der Waals surface area contributed by atoms with Crippen LogP contribution < -0.4 is 14.5 Å². The van der Waals surface area contributed by atoms with Crippen molar-refractivity contribution in [1.82, 2.24) is 9.55 Å². The molecule has 0 aliphatic carbocycles. The fourth-order valence-electron chi connectivity index (χ4n) is 9.44. The van der Waals surface area contributed by atoms with Gasteiger partial charge in [-0.15, -0.1) is 28.8 Å². The number of aromatic nitrogens is 2. The van der Waals surface area contributed by atoms with Crippen molar-refractivity contribution in [3.05, 3.63) is 186 Å². The number of rotatable bonds is 15. The molecule has 8 aromatic rings. The molecule has 9 rings (SSSR count). The summed E-state index contributed by atoms with van der Waals surface area (Å²) in [6.07, 6.45) is 6.29. The first-order valence-electron chi connectivity index (χ1n) is 24.9. The summed E-state index contributed by atoms with van der Waals surface area (Å²) in [6.45, 7) is 16.8. The second kappa shape index (κ2) is 20.1. The zero-order chi connectivity index (χ0) is 47.7. The number of pyridine rings is 1. The predicted molar refractivity (Wildman–Crippen MR) is 273 cm³/mol. The van der Waals surface area contributed by atoms with Gasteiger partial charge in [0.15, 0.2) is 0 Å². The number of benzene rings is 6. The minimum Gasteiger partial charge on any atom is -0.517 e. The number of ether oxygens (including phenoxy) is 1. The Hall–Kier alpha value is -5.64. The molecule has 342 valence electrons. The van der Waals surface area contributed by atoms with Crippen molar-refractivity contribution in [1.29, 1.82) is 0 Å². The van der Waals surface area contributed by atoms with Crippen LogP contribution in [-0.2, 0) is 52.3 Å². The van der Waals surface area contributed by atoms with Gasteiger partial charge in [-0.3, -0.25) is 0 Å². The number of unbranched alkanes of at least 4 members (excludes halogenated alkanes) is 1. The minimum absolute atomic E-state index is 0. The third kappa shape index (κ3) is 10.2. The SMILES string of the molecule is [2H]C([2H])([2H])c1cccc(-c2cc(CC(C)C)cc(CC(C)C)c2)c1CCCCN1[CH-]N(c2[c-]c(COc3[c-]c4c(cc3)c3ccccc3n4-c3cc(C(C)(C)C)ccn3)ccc2)c2ccccc21.[Pt]. The van der Waals surface area contributed by atoms with Crippen molar-refractivity contribution >= 4 is 38.9 Å². The fourth-order valence-corrected chi connectivity index (χ4v) is 9.44. The first-order valence-corrected chi connectivity index (χ1v) is 23.4. The minimum atomic E-state index is -2.20. The van der Waals surface area contributed by atoms with Crippen LogP contribution in [0.15, 0.2) is 134 Å². The molecule has 0 saturated carbocycles. The molecule has 0 N–H and O–H groups in total. The molecule has 6 aromatic carbocycles. The maximum absolute atomic E-state index is 8.54. The van der Waals surface area contributed by atoms with E-state index in [1.807, 2.05) is 18.3 Å². The number of para-hydroxylation sites is 3. The Bertz CT molecular complexity index is 3050. The summed E-state index contributed by atoms with van der Waals surface area (Å²) in [5.41, 5.74) is 13.5. The molecule has 0 spiro atoms. The average molecular weight is 1050 g/mol. The fraction of sp³-hybridized carbons (Fsp3) is 0.300. The van der Waals surface area contributed by atoms with E-state index < -0.39 is 6.85 Å². The quantitative estimate of drug-likeness (QED) is 0.0757. The summed E-state index contributed by atoms with van der Waals surface area (Å²) in [4.78, 5) is 9.35. The molecule has 3 heterocycles. The summed E-state index contributed by atoms with van der Waals surface area (Å²) >= 11 is 0. The van der Waals surface area contributed by atoms with E-state index in [9.17, 15) is 0 Å². The summed E-state index contributed by atoms with van der Waals surface area (Å²) in [5, 5.41) is 2.24. The number of aryl methyl sites for hydroxylation is 1. The monoisotopic (exact) mass is 1050 g/mol. The molecule has 0 radical (unpaired) electrons. The van der Waals surface area contributed by atoms with Crippen molar-refractivity contribution in [2.24, 2.45) is 11.8 Å². The number of hydrogen-bond acceptors (Lipinski definition) is 4. The second-order valence-corrected chi connectivity index (χ2v) is 19.6. The Morgan fingerprint density at radius 2 is 1.48 bits per heavy atom. The number of fused-ring (bicyclic) bond motifs is 4. The molecular formula is C60H63N4OPt-3. The van der Waals surface area contributed by atoms with E-state index in [1.165, 1.54) is 16.7 Å². The number of hydrogen-bond donors (Lipinski definition) is 0. The van der Waals surface area contributed by atoms with E-state index in [1.54, 1.807) is 6.07 Å². The smallest absolute Gasteiger partial charge is 0.135 e. The third-order valence-corrected chi connectivity index (χ3v) is 12.5. The molecule has 5 nitrogen and oxygen atoms in total. The maximum atomic E-state index is 8.54. The first kappa shape index (κ1) is 43.0. The molecule has 0 bridgehead atoms. The van der Waals surface area contributed by atoms with Crippen LogP contribution in [0.4, 0.5) is 17.1 Å². The van der Waals surface area contributed by atoms with Crippen LogP contribution in [0.25, 0.3) is 38.8 Å². The van der Waals surface area contributed by atoms with E-state index in [0.29, 0.717) is 36.2 Å². The van der Waals surface area contributed by atoms with Gasteiger partial charge in [0, 0.05) is 54.0 Å².